The molecule has 5 rings (SSSR count). The van der Waals surface area contributed by atoms with Crippen molar-refractivity contribution in [3.8, 4) is 11.3 Å². The number of aromatic nitrogens is 4. The van der Waals surface area contributed by atoms with E-state index in [1.165, 1.54) is 6.20 Å². The standard InChI is InChI=1S/C29H30F3N9O2/c1-17-13-37-26(34)25-24(39-27(41(17)25)22-16-40(9-10-43-22)15-18(12-33)14-35-2)19-3-5-20(6-4-19)28(42)38-23-11-21(7-8-36-23)29(30,31)32/h3-8,11-14,22H,9-10,15-16,33H2,1-2H3,(H2,34,37)(H,36,38,42)/t22-/m1/s1. The van der Waals surface area contributed by atoms with Crippen LogP contribution in [0.15, 0.2) is 65.6 Å². The summed E-state index contributed by atoms with van der Waals surface area (Å²) in [5.41, 5.74) is 14.9. The van der Waals surface area contributed by atoms with Crippen molar-refractivity contribution in [3.63, 3.8) is 0 Å². The zero-order chi connectivity index (χ0) is 30.7. The number of hydrogen-bond acceptors (Lipinski definition) is 9. The topological polar surface area (TPSA) is 149 Å². The largest absolute Gasteiger partial charge is 0.416 e. The fraction of sp³-hybridized carbons (Fsp3) is 0.276. The lowest BCUT2D eigenvalue weighted by Crippen LogP contribution is -2.40. The number of hydrogen-bond donors (Lipinski definition) is 3. The molecule has 3 aromatic heterocycles. The number of carbonyl (C=O) groups excluding carboxylic acids is 1. The van der Waals surface area contributed by atoms with Crippen molar-refractivity contribution in [2.75, 3.05) is 44.3 Å². The zero-order valence-electron chi connectivity index (χ0n) is 23.5. The van der Waals surface area contributed by atoms with Gasteiger partial charge in [0.15, 0.2) is 0 Å². The summed E-state index contributed by atoms with van der Waals surface area (Å²) in [4.78, 5) is 32.2. The Labute approximate surface area is 245 Å². The van der Waals surface area contributed by atoms with Gasteiger partial charge in [0.05, 0.1) is 12.2 Å². The van der Waals surface area contributed by atoms with Crippen LogP contribution in [0.4, 0.5) is 24.8 Å². The number of nitrogen functional groups attached to an aromatic ring is 1. The molecule has 1 saturated heterocycles. The van der Waals surface area contributed by atoms with Crippen LogP contribution in [0, 0.1) is 6.92 Å². The molecule has 4 aromatic rings. The highest BCUT2D eigenvalue weighted by atomic mass is 19.4. The predicted molar refractivity (Wildman–Crippen MR) is 157 cm³/mol. The lowest BCUT2D eigenvalue weighted by molar-refractivity contribution is -0.137. The molecule has 11 nitrogen and oxygen atoms in total. The first-order valence-electron chi connectivity index (χ1n) is 13.3. The number of halogens is 3. The molecule has 43 heavy (non-hydrogen) atoms. The number of ether oxygens (including phenoxy) is 1. The fourth-order valence-corrected chi connectivity index (χ4v) is 4.94. The van der Waals surface area contributed by atoms with Gasteiger partial charge in [-0.2, -0.15) is 13.2 Å². The van der Waals surface area contributed by atoms with E-state index in [-0.39, 0.29) is 23.3 Å². The van der Waals surface area contributed by atoms with Gasteiger partial charge < -0.3 is 21.5 Å². The highest BCUT2D eigenvalue weighted by molar-refractivity contribution is 6.04. The van der Waals surface area contributed by atoms with Gasteiger partial charge in [0, 0.05) is 62.1 Å². The summed E-state index contributed by atoms with van der Waals surface area (Å²) < 4.78 is 47.2. The minimum absolute atomic E-state index is 0.208. The number of nitrogens with zero attached hydrogens (tertiary/aromatic N) is 6. The van der Waals surface area contributed by atoms with Crippen molar-refractivity contribution >= 4 is 29.3 Å². The molecular weight excluding hydrogens is 563 g/mol. The van der Waals surface area contributed by atoms with Crippen LogP contribution in [0.2, 0.25) is 0 Å². The highest BCUT2D eigenvalue weighted by Crippen LogP contribution is 2.34. The van der Waals surface area contributed by atoms with Crippen LogP contribution >= 0.6 is 0 Å². The quantitative estimate of drug-likeness (QED) is 0.274. The number of carbonyl (C=O) groups is 1. The Hall–Kier alpha value is -4.82. The van der Waals surface area contributed by atoms with Gasteiger partial charge in [0.2, 0.25) is 0 Å². The third kappa shape index (κ3) is 6.34. The SMILES string of the molecule is CN=CC(=CN)CN1CCO[C@@H](c2nc(-c3ccc(C(=O)Nc4cc(C(F)(F)F)ccn4)cc3)c3c(N)ncc(C)n23)C1. The number of morpholine rings is 1. The second-order valence-electron chi connectivity index (χ2n) is 9.97. The molecule has 5 N–H and O–H groups in total. The van der Waals surface area contributed by atoms with Gasteiger partial charge in [-0.1, -0.05) is 12.1 Å². The molecule has 1 aliphatic rings. The van der Waals surface area contributed by atoms with Crippen molar-refractivity contribution in [2.24, 2.45) is 10.7 Å². The fourth-order valence-electron chi connectivity index (χ4n) is 4.94. The van der Waals surface area contributed by atoms with Gasteiger partial charge in [-0.15, -0.1) is 0 Å². The Morgan fingerprint density at radius 2 is 2.00 bits per heavy atom. The number of amides is 1. The lowest BCUT2D eigenvalue weighted by Gasteiger charge is -2.32. The van der Waals surface area contributed by atoms with Crippen LogP contribution in [0.3, 0.4) is 0 Å². The minimum Gasteiger partial charge on any atom is -0.404 e. The van der Waals surface area contributed by atoms with E-state index in [4.69, 9.17) is 21.2 Å². The van der Waals surface area contributed by atoms with Crippen molar-refractivity contribution in [3.05, 3.63) is 83.2 Å². The Balaban J connectivity index is 1.43. The number of nitrogens with two attached hydrogens (primary N) is 2. The molecule has 1 aromatic carbocycles. The number of fused-ring (bicyclic) bond motifs is 1. The van der Waals surface area contributed by atoms with E-state index >= 15 is 0 Å². The van der Waals surface area contributed by atoms with E-state index < -0.39 is 17.6 Å². The maximum Gasteiger partial charge on any atom is 0.416 e. The lowest BCUT2D eigenvalue weighted by atomic mass is 10.1. The summed E-state index contributed by atoms with van der Waals surface area (Å²) >= 11 is 0. The molecule has 4 heterocycles. The maximum absolute atomic E-state index is 13.0. The predicted octanol–water partition coefficient (Wildman–Crippen LogP) is 3.87. The van der Waals surface area contributed by atoms with Crippen molar-refractivity contribution in [1.29, 1.82) is 0 Å². The number of pyridine rings is 1. The second-order valence-corrected chi connectivity index (χ2v) is 9.97. The highest BCUT2D eigenvalue weighted by Gasteiger charge is 2.31. The van der Waals surface area contributed by atoms with Crippen LogP contribution in [0.25, 0.3) is 16.8 Å². The molecule has 0 radical (unpaired) electrons. The Kier molecular flexibility index (Phi) is 8.41. The number of rotatable bonds is 7. The van der Waals surface area contributed by atoms with E-state index in [9.17, 15) is 18.0 Å². The number of benzene rings is 1. The summed E-state index contributed by atoms with van der Waals surface area (Å²) in [5, 5.41) is 2.41. The Morgan fingerprint density at radius 1 is 1.23 bits per heavy atom. The number of alkyl halides is 3. The molecular formula is C29H30F3N9O2. The molecule has 1 aliphatic heterocycles. The molecule has 1 amide bonds. The van der Waals surface area contributed by atoms with E-state index in [1.807, 2.05) is 11.3 Å². The number of anilines is 2. The first-order chi connectivity index (χ1) is 20.6. The van der Waals surface area contributed by atoms with Gasteiger partial charge >= 0.3 is 6.18 Å². The number of aryl methyl sites for hydroxylation is 1. The van der Waals surface area contributed by atoms with E-state index in [1.54, 1.807) is 43.7 Å². The minimum atomic E-state index is -4.55. The monoisotopic (exact) mass is 593 g/mol. The normalized spacial score (nSPS) is 16.7. The maximum atomic E-state index is 13.0. The van der Waals surface area contributed by atoms with E-state index in [0.29, 0.717) is 48.8 Å². The summed E-state index contributed by atoms with van der Waals surface area (Å²) in [7, 11) is 1.69. The van der Waals surface area contributed by atoms with Gasteiger partial charge in [0.1, 0.15) is 34.8 Å². The van der Waals surface area contributed by atoms with Crippen LogP contribution < -0.4 is 16.8 Å². The van der Waals surface area contributed by atoms with Gasteiger partial charge in [-0.25, -0.2) is 15.0 Å². The molecule has 0 bridgehead atoms. The van der Waals surface area contributed by atoms with Crippen LogP contribution in [0.5, 0.6) is 0 Å². The zero-order valence-corrected chi connectivity index (χ0v) is 23.5. The summed E-state index contributed by atoms with van der Waals surface area (Å²) in [6.07, 6.45) is 0.992. The molecule has 1 atom stereocenters. The molecule has 14 heteroatoms. The summed E-state index contributed by atoms with van der Waals surface area (Å²) in [5.74, 6) is 0.110. The van der Waals surface area contributed by atoms with Crippen molar-refractivity contribution in [2.45, 2.75) is 19.2 Å². The molecule has 0 saturated carbocycles. The van der Waals surface area contributed by atoms with Crippen LogP contribution in [0.1, 0.15) is 33.5 Å². The summed E-state index contributed by atoms with van der Waals surface area (Å²) in [6, 6.07) is 8.11. The first-order valence-corrected chi connectivity index (χ1v) is 13.3. The van der Waals surface area contributed by atoms with Crippen LogP contribution in [-0.4, -0.2) is 69.7 Å². The number of nitrogens with one attached hydrogen (secondary N) is 1. The van der Waals surface area contributed by atoms with E-state index in [2.05, 4.69) is 25.2 Å². The Bertz CT molecular complexity index is 1700. The Morgan fingerprint density at radius 3 is 2.70 bits per heavy atom. The van der Waals surface area contributed by atoms with Crippen molar-refractivity contribution < 1.29 is 22.7 Å². The smallest absolute Gasteiger partial charge is 0.404 e. The van der Waals surface area contributed by atoms with Crippen molar-refractivity contribution in [1.82, 2.24) is 24.3 Å². The molecule has 224 valence electrons. The van der Waals surface area contributed by atoms with Gasteiger partial charge in [0.25, 0.3) is 5.91 Å². The summed E-state index contributed by atoms with van der Waals surface area (Å²) in [6.45, 7) is 4.26. The third-order valence-electron chi connectivity index (χ3n) is 6.99. The molecule has 0 aliphatic carbocycles. The number of imidazole rings is 1. The van der Waals surface area contributed by atoms with Crippen LogP contribution in [-0.2, 0) is 10.9 Å². The number of aliphatic imine (C=N–C) groups is 1. The first kappa shape index (κ1) is 29.7. The van der Waals surface area contributed by atoms with E-state index in [0.717, 1.165) is 29.6 Å². The second kappa shape index (κ2) is 12.2. The molecule has 1 fully saturated rings. The van der Waals surface area contributed by atoms with Gasteiger partial charge in [-0.05, 0) is 43.0 Å². The third-order valence-corrected chi connectivity index (χ3v) is 6.99. The molecule has 0 unspecified atom stereocenters. The molecule has 0 spiro atoms. The van der Waals surface area contributed by atoms with Gasteiger partial charge in [-0.3, -0.25) is 19.1 Å². The average Bonchev–Trinajstić information content (AvgIpc) is 3.41. The average molecular weight is 594 g/mol.